The number of tetrazole rings is 1. The van der Waals surface area contributed by atoms with E-state index in [0.717, 1.165) is 23.3 Å². The maximum absolute atomic E-state index is 14.0. The highest BCUT2D eigenvalue weighted by Crippen LogP contribution is 2.42. The summed E-state index contributed by atoms with van der Waals surface area (Å²) < 4.78 is 47.4. The fraction of sp³-hybridized carbons (Fsp3) is 0.382. The van der Waals surface area contributed by atoms with Crippen LogP contribution < -0.4 is 10.5 Å². The summed E-state index contributed by atoms with van der Waals surface area (Å²) in [5, 5.41) is 11.2. The van der Waals surface area contributed by atoms with Gasteiger partial charge in [-0.05, 0) is 97.2 Å². The van der Waals surface area contributed by atoms with E-state index in [-0.39, 0.29) is 11.8 Å². The number of ether oxygens (including phenoxy) is 1. The number of piperidine rings is 1. The van der Waals surface area contributed by atoms with E-state index in [2.05, 4.69) is 20.4 Å². The van der Waals surface area contributed by atoms with Gasteiger partial charge in [-0.2, -0.15) is 13.2 Å². The zero-order chi connectivity index (χ0) is 33.2. The number of rotatable bonds is 9. The molecular weight excluding hydrogens is 611 g/mol. The number of methoxy groups -OCH3 is 1. The van der Waals surface area contributed by atoms with Crippen LogP contribution in [0.2, 0.25) is 0 Å². The van der Waals surface area contributed by atoms with Crippen molar-refractivity contribution in [1.29, 1.82) is 0 Å². The van der Waals surface area contributed by atoms with Crippen molar-refractivity contribution in [2.45, 2.75) is 42.7 Å². The first kappa shape index (κ1) is 32.2. The van der Waals surface area contributed by atoms with Gasteiger partial charge in [0.15, 0.2) is 0 Å². The Kier molecular flexibility index (Phi) is 8.75. The minimum Gasteiger partial charge on any atom is -0.496 e. The fourth-order valence-corrected chi connectivity index (χ4v) is 7.06. The average Bonchev–Trinajstić information content (AvgIpc) is 3.79. The summed E-state index contributed by atoms with van der Waals surface area (Å²) in [7, 11) is 1.49. The van der Waals surface area contributed by atoms with Gasteiger partial charge in [-0.25, -0.2) is 4.68 Å². The van der Waals surface area contributed by atoms with E-state index >= 15 is 0 Å². The molecule has 0 bridgehead atoms. The molecule has 13 heteroatoms. The first-order chi connectivity index (χ1) is 22.5. The molecule has 2 aliphatic rings. The predicted octanol–water partition coefficient (Wildman–Crippen LogP) is 4.38. The van der Waals surface area contributed by atoms with Crippen molar-refractivity contribution in [2.24, 2.45) is 5.73 Å². The monoisotopic (exact) mass is 647 g/mol. The molecule has 3 aromatic carbocycles. The summed E-state index contributed by atoms with van der Waals surface area (Å²) in [5.74, 6) is -0.199. The topological polar surface area (TPSA) is 119 Å². The van der Waals surface area contributed by atoms with E-state index < -0.39 is 22.6 Å². The zero-order valence-electron chi connectivity index (χ0n) is 26.0. The molecule has 1 aromatic heterocycles. The summed E-state index contributed by atoms with van der Waals surface area (Å²) in [6.45, 7) is 2.66. The molecule has 0 aliphatic carbocycles. The van der Waals surface area contributed by atoms with Crippen LogP contribution in [-0.2, 0) is 21.8 Å². The second kappa shape index (κ2) is 12.8. The number of nitrogens with zero attached hydrogens (tertiary/aromatic N) is 6. The number of likely N-dealkylation sites (tertiary alicyclic amines) is 2. The minimum atomic E-state index is -4.45. The molecule has 2 amide bonds. The molecule has 246 valence electrons. The minimum absolute atomic E-state index is 0.252. The van der Waals surface area contributed by atoms with Crippen LogP contribution in [0.1, 0.15) is 52.7 Å². The van der Waals surface area contributed by atoms with Crippen LogP contribution in [0, 0.1) is 0 Å². The molecule has 0 saturated carbocycles. The molecule has 47 heavy (non-hydrogen) atoms. The third-order valence-corrected chi connectivity index (χ3v) is 9.91. The van der Waals surface area contributed by atoms with Gasteiger partial charge in [0.1, 0.15) is 12.1 Å². The van der Waals surface area contributed by atoms with Crippen molar-refractivity contribution in [3.63, 3.8) is 0 Å². The van der Waals surface area contributed by atoms with Crippen molar-refractivity contribution < 1.29 is 27.5 Å². The quantitative estimate of drug-likeness (QED) is 0.286. The van der Waals surface area contributed by atoms with Crippen LogP contribution in [0.4, 0.5) is 13.2 Å². The van der Waals surface area contributed by atoms with Gasteiger partial charge in [0.2, 0.25) is 5.91 Å². The van der Waals surface area contributed by atoms with Crippen LogP contribution in [0.3, 0.4) is 0 Å². The number of hydrogen-bond acceptors (Lipinski definition) is 7. The maximum atomic E-state index is 14.0. The van der Waals surface area contributed by atoms with Gasteiger partial charge in [-0.3, -0.25) is 9.59 Å². The Morgan fingerprint density at radius 1 is 0.936 bits per heavy atom. The number of aromatic nitrogens is 4. The number of hydrogen-bond donors (Lipinski definition) is 1. The van der Waals surface area contributed by atoms with Crippen LogP contribution in [0.15, 0.2) is 79.1 Å². The molecular formula is C34H36F3N7O3. The van der Waals surface area contributed by atoms with Crippen molar-refractivity contribution >= 4 is 11.8 Å². The van der Waals surface area contributed by atoms with Crippen LogP contribution in [0.5, 0.6) is 5.75 Å². The lowest BCUT2D eigenvalue weighted by molar-refractivity contribution is -0.137. The SMILES string of the molecule is COc1ccc(-n2cnnn2)cc1C(=O)N1CCC(CCN2CCC(C(N)=O)(c3ccccc3)CC2)(c2ccc(C(F)(F)F)cc2)C1. The van der Waals surface area contributed by atoms with Gasteiger partial charge in [-0.15, -0.1) is 5.10 Å². The van der Waals surface area contributed by atoms with Gasteiger partial charge in [0.05, 0.1) is 29.3 Å². The lowest BCUT2D eigenvalue weighted by atomic mass is 9.71. The Hall–Kier alpha value is -4.78. The van der Waals surface area contributed by atoms with E-state index in [1.807, 2.05) is 30.3 Å². The summed E-state index contributed by atoms with van der Waals surface area (Å²) >= 11 is 0. The molecule has 2 aliphatic heterocycles. The lowest BCUT2D eigenvalue weighted by Crippen LogP contribution is -2.50. The molecule has 3 heterocycles. The highest BCUT2D eigenvalue weighted by Gasteiger charge is 2.45. The normalized spacial score (nSPS) is 19.9. The van der Waals surface area contributed by atoms with E-state index in [1.165, 1.54) is 18.1 Å². The Labute approximate surface area is 270 Å². The number of primary amides is 1. The van der Waals surface area contributed by atoms with E-state index in [1.54, 1.807) is 35.2 Å². The lowest BCUT2D eigenvalue weighted by Gasteiger charge is -2.41. The molecule has 2 N–H and O–H groups in total. The highest BCUT2D eigenvalue weighted by atomic mass is 19.4. The van der Waals surface area contributed by atoms with Crippen molar-refractivity contribution in [3.8, 4) is 11.4 Å². The third-order valence-electron chi connectivity index (χ3n) is 9.91. The Bertz CT molecular complexity index is 1710. The first-order valence-electron chi connectivity index (χ1n) is 15.5. The third kappa shape index (κ3) is 6.31. The van der Waals surface area contributed by atoms with Gasteiger partial charge in [0, 0.05) is 18.5 Å². The largest absolute Gasteiger partial charge is 0.496 e. The summed E-state index contributed by atoms with van der Waals surface area (Å²) in [5.41, 5.74) is 6.49. The number of amides is 2. The van der Waals surface area contributed by atoms with Crippen molar-refractivity contribution in [1.82, 2.24) is 30.0 Å². The van der Waals surface area contributed by atoms with Gasteiger partial charge >= 0.3 is 6.18 Å². The van der Waals surface area contributed by atoms with Crippen LogP contribution in [0.25, 0.3) is 5.69 Å². The predicted molar refractivity (Wildman–Crippen MR) is 167 cm³/mol. The second-order valence-corrected chi connectivity index (χ2v) is 12.4. The average molecular weight is 648 g/mol. The summed E-state index contributed by atoms with van der Waals surface area (Å²) in [6.07, 6.45) is -0.704. The molecule has 2 saturated heterocycles. The fourth-order valence-electron chi connectivity index (χ4n) is 7.06. The van der Waals surface area contributed by atoms with Crippen LogP contribution >= 0.6 is 0 Å². The number of halogens is 3. The van der Waals surface area contributed by atoms with Crippen molar-refractivity contribution in [2.75, 3.05) is 39.8 Å². The number of nitrogens with two attached hydrogens (primary N) is 1. The maximum Gasteiger partial charge on any atom is 0.416 e. The smallest absolute Gasteiger partial charge is 0.416 e. The zero-order valence-corrected chi connectivity index (χ0v) is 26.0. The van der Waals surface area contributed by atoms with Gasteiger partial charge in [-0.1, -0.05) is 42.5 Å². The molecule has 2 fully saturated rings. The Morgan fingerprint density at radius 2 is 1.66 bits per heavy atom. The molecule has 1 unspecified atom stereocenters. The van der Waals surface area contributed by atoms with E-state index in [0.29, 0.717) is 75.4 Å². The number of carbonyl (C=O) groups is 2. The Morgan fingerprint density at radius 3 is 2.28 bits per heavy atom. The second-order valence-electron chi connectivity index (χ2n) is 12.4. The van der Waals surface area contributed by atoms with Gasteiger partial charge < -0.3 is 20.3 Å². The standard InChI is InChI=1S/C34H36F3N7O3/c1-47-29-12-11-27(44-23-39-40-41-44)21-28(29)30(45)43-20-14-32(22-43,24-7-9-26(10-8-24)34(35,36)37)13-17-42-18-15-33(16-19-42,31(38)46)25-5-3-2-4-6-25/h2-12,21,23H,13-20,22H2,1H3,(H2,38,46). The first-order valence-corrected chi connectivity index (χ1v) is 15.5. The molecule has 0 radical (unpaired) electrons. The Balaban J connectivity index is 1.24. The molecule has 10 nitrogen and oxygen atoms in total. The molecule has 1 atom stereocenters. The summed E-state index contributed by atoms with van der Waals surface area (Å²) in [4.78, 5) is 30.7. The number of alkyl halides is 3. The van der Waals surface area contributed by atoms with E-state index in [4.69, 9.17) is 10.5 Å². The molecule has 0 spiro atoms. The number of benzene rings is 3. The van der Waals surface area contributed by atoms with Crippen molar-refractivity contribution in [3.05, 3.63) is 101 Å². The van der Waals surface area contributed by atoms with Crippen LogP contribution in [-0.4, -0.2) is 81.7 Å². The molecule has 4 aromatic rings. The number of carbonyl (C=O) groups excluding carboxylic acids is 2. The molecule has 6 rings (SSSR count). The summed E-state index contributed by atoms with van der Waals surface area (Å²) in [6, 6.07) is 20.0. The van der Waals surface area contributed by atoms with E-state index in [9.17, 15) is 22.8 Å². The van der Waals surface area contributed by atoms with Gasteiger partial charge in [0.25, 0.3) is 5.91 Å². The highest BCUT2D eigenvalue weighted by molar-refractivity contribution is 5.98.